The highest BCUT2D eigenvalue weighted by Crippen LogP contribution is 2.17. The number of nitrogens with zero attached hydrogens (tertiary/aromatic N) is 1. The van der Waals surface area contributed by atoms with Crippen LogP contribution in [0, 0.1) is 5.92 Å². The van der Waals surface area contributed by atoms with Crippen LogP contribution in [0.2, 0.25) is 0 Å². The van der Waals surface area contributed by atoms with E-state index in [1.807, 2.05) is 0 Å². The zero-order chi connectivity index (χ0) is 13.0. The molecule has 2 aliphatic heterocycles. The summed E-state index contributed by atoms with van der Waals surface area (Å²) in [6.45, 7) is 7.61. The first-order chi connectivity index (χ1) is 8.62. The van der Waals surface area contributed by atoms with Crippen LogP contribution in [-0.2, 0) is 10.0 Å². The Kier molecular flexibility index (Phi) is 5.00. The quantitative estimate of drug-likeness (QED) is 0.741. The van der Waals surface area contributed by atoms with E-state index in [0.29, 0.717) is 12.5 Å². The molecule has 2 heterocycles. The highest BCUT2D eigenvalue weighted by Gasteiger charge is 2.29. The van der Waals surface area contributed by atoms with Gasteiger partial charge in [-0.05, 0) is 51.4 Å². The van der Waals surface area contributed by atoms with Gasteiger partial charge in [-0.2, -0.15) is 0 Å². The number of sulfonamides is 1. The van der Waals surface area contributed by atoms with E-state index in [4.69, 9.17) is 0 Å². The Balaban J connectivity index is 1.78. The molecular formula is C12H25N3O2S. The van der Waals surface area contributed by atoms with Crippen molar-refractivity contribution in [1.29, 1.82) is 0 Å². The zero-order valence-corrected chi connectivity index (χ0v) is 12.0. The highest BCUT2D eigenvalue weighted by atomic mass is 32.2. The fraction of sp³-hybridized carbons (Fsp3) is 1.00. The summed E-state index contributed by atoms with van der Waals surface area (Å²) in [5.74, 6) is 0.487. The second-order valence-corrected chi connectivity index (χ2v) is 7.44. The number of hydrogen-bond acceptors (Lipinski definition) is 4. The van der Waals surface area contributed by atoms with E-state index >= 15 is 0 Å². The maximum Gasteiger partial charge on any atom is 0.214 e. The third kappa shape index (κ3) is 3.66. The number of piperidine rings is 1. The van der Waals surface area contributed by atoms with Crippen molar-refractivity contribution in [1.82, 2.24) is 14.9 Å². The molecule has 18 heavy (non-hydrogen) atoms. The minimum absolute atomic E-state index is 0.192. The summed E-state index contributed by atoms with van der Waals surface area (Å²) >= 11 is 0. The van der Waals surface area contributed by atoms with E-state index < -0.39 is 10.0 Å². The predicted molar refractivity (Wildman–Crippen MR) is 73.0 cm³/mol. The zero-order valence-electron chi connectivity index (χ0n) is 11.2. The molecular weight excluding hydrogens is 250 g/mol. The minimum atomic E-state index is -3.10. The fourth-order valence-electron chi connectivity index (χ4n) is 2.82. The Morgan fingerprint density at radius 3 is 2.61 bits per heavy atom. The van der Waals surface area contributed by atoms with Gasteiger partial charge in [-0.25, -0.2) is 13.1 Å². The van der Waals surface area contributed by atoms with Crippen LogP contribution in [0.25, 0.3) is 0 Å². The van der Waals surface area contributed by atoms with Gasteiger partial charge in [0.05, 0.1) is 5.25 Å². The molecule has 0 aromatic rings. The van der Waals surface area contributed by atoms with Crippen molar-refractivity contribution < 1.29 is 8.42 Å². The summed E-state index contributed by atoms with van der Waals surface area (Å²) in [7, 11) is -3.10. The molecule has 0 aromatic heterocycles. The molecule has 0 amide bonds. The molecule has 1 unspecified atom stereocenters. The first-order valence-electron chi connectivity index (χ1n) is 7.03. The van der Waals surface area contributed by atoms with Crippen molar-refractivity contribution in [3.63, 3.8) is 0 Å². The van der Waals surface area contributed by atoms with Crippen LogP contribution in [0.1, 0.15) is 26.2 Å². The van der Waals surface area contributed by atoms with Gasteiger partial charge in [-0.1, -0.05) is 6.92 Å². The Morgan fingerprint density at radius 1 is 1.28 bits per heavy atom. The lowest BCUT2D eigenvalue weighted by atomic mass is 10.1. The van der Waals surface area contributed by atoms with E-state index in [9.17, 15) is 8.42 Å². The largest absolute Gasteiger partial charge is 0.317 e. The molecule has 0 aliphatic carbocycles. The first kappa shape index (κ1) is 14.2. The van der Waals surface area contributed by atoms with Gasteiger partial charge in [0, 0.05) is 13.1 Å². The Labute approximate surface area is 110 Å². The van der Waals surface area contributed by atoms with E-state index in [1.54, 1.807) is 0 Å². The maximum atomic E-state index is 12.1. The SMILES string of the molecule is CCN1CCC(CNS(=O)(=O)C2CCNCC2)C1. The van der Waals surface area contributed by atoms with E-state index in [0.717, 1.165) is 52.0 Å². The summed E-state index contributed by atoms with van der Waals surface area (Å²) in [6, 6.07) is 0. The Bertz CT molecular complexity index is 352. The molecule has 0 bridgehead atoms. The maximum absolute atomic E-state index is 12.1. The van der Waals surface area contributed by atoms with Crippen LogP contribution in [-0.4, -0.2) is 57.8 Å². The molecule has 0 saturated carbocycles. The lowest BCUT2D eigenvalue weighted by Crippen LogP contribution is -2.43. The number of nitrogens with one attached hydrogen (secondary N) is 2. The molecule has 6 heteroatoms. The van der Waals surface area contributed by atoms with Gasteiger partial charge in [-0.15, -0.1) is 0 Å². The Hall–Kier alpha value is -0.170. The normalized spacial score (nSPS) is 27.7. The van der Waals surface area contributed by atoms with Crippen molar-refractivity contribution in [3.8, 4) is 0 Å². The number of hydrogen-bond donors (Lipinski definition) is 2. The van der Waals surface area contributed by atoms with Gasteiger partial charge in [-0.3, -0.25) is 0 Å². The molecule has 2 N–H and O–H groups in total. The minimum Gasteiger partial charge on any atom is -0.317 e. The van der Waals surface area contributed by atoms with Crippen LogP contribution in [0.3, 0.4) is 0 Å². The lowest BCUT2D eigenvalue weighted by molar-refractivity contribution is 0.342. The predicted octanol–water partition coefficient (Wildman–Crippen LogP) is -0.000400. The van der Waals surface area contributed by atoms with Crippen molar-refractivity contribution in [3.05, 3.63) is 0 Å². The first-order valence-corrected chi connectivity index (χ1v) is 8.58. The summed E-state index contributed by atoms with van der Waals surface area (Å²) in [5, 5.41) is 3.01. The molecule has 1 atom stereocenters. The number of rotatable bonds is 5. The summed E-state index contributed by atoms with van der Waals surface area (Å²) in [4.78, 5) is 2.38. The van der Waals surface area contributed by atoms with E-state index in [1.165, 1.54) is 0 Å². The average Bonchev–Trinajstić information content (AvgIpc) is 2.86. The molecule has 2 aliphatic rings. The van der Waals surface area contributed by atoms with Gasteiger partial charge in [0.15, 0.2) is 0 Å². The molecule has 0 aromatic carbocycles. The summed E-state index contributed by atoms with van der Waals surface area (Å²) in [6.07, 6.45) is 2.59. The molecule has 2 saturated heterocycles. The fourth-order valence-corrected chi connectivity index (χ4v) is 4.38. The molecule has 2 fully saturated rings. The van der Waals surface area contributed by atoms with Gasteiger partial charge >= 0.3 is 0 Å². The molecule has 0 spiro atoms. The average molecular weight is 275 g/mol. The monoisotopic (exact) mass is 275 g/mol. The van der Waals surface area contributed by atoms with Crippen molar-refractivity contribution >= 4 is 10.0 Å². The topological polar surface area (TPSA) is 61.4 Å². The van der Waals surface area contributed by atoms with Gasteiger partial charge in [0.1, 0.15) is 0 Å². The van der Waals surface area contributed by atoms with Crippen LogP contribution >= 0.6 is 0 Å². The summed E-state index contributed by atoms with van der Waals surface area (Å²) in [5.41, 5.74) is 0. The van der Waals surface area contributed by atoms with Crippen LogP contribution in [0.15, 0.2) is 0 Å². The smallest absolute Gasteiger partial charge is 0.214 e. The van der Waals surface area contributed by atoms with Crippen molar-refractivity contribution in [2.45, 2.75) is 31.4 Å². The highest BCUT2D eigenvalue weighted by molar-refractivity contribution is 7.90. The van der Waals surface area contributed by atoms with E-state index in [2.05, 4.69) is 21.9 Å². The third-order valence-electron chi connectivity index (χ3n) is 4.12. The van der Waals surface area contributed by atoms with Crippen LogP contribution < -0.4 is 10.0 Å². The standard InChI is InChI=1S/C12H25N3O2S/c1-2-15-8-5-11(10-15)9-14-18(16,17)12-3-6-13-7-4-12/h11-14H,2-10H2,1H3. The molecule has 106 valence electrons. The van der Waals surface area contributed by atoms with Crippen LogP contribution in [0.4, 0.5) is 0 Å². The number of likely N-dealkylation sites (tertiary alicyclic amines) is 1. The second-order valence-electron chi connectivity index (χ2n) is 5.39. The van der Waals surface area contributed by atoms with Crippen molar-refractivity contribution in [2.24, 2.45) is 5.92 Å². The second kappa shape index (κ2) is 6.32. The Morgan fingerprint density at radius 2 is 2.00 bits per heavy atom. The molecule has 5 nitrogen and oxygen atoms in total. The van der Waals surface area contributed by atoms with Gasteiger partial charge < -0.3 is 10.2 Å². The van der Waals surface area contributed by atoms with Crippen molar-refractivity contribution in [2.75, 3.05) is 39.3 Å². The van der Waals surface area contributed by atoms with Crippen LogP contribution in [0.5, 0.6) is 0 Å². The lowest BCUT2D eigenvalue weighted by Gasteiger charge is -2.23. The summed E-state index contributed by atoms with van der Waals surface area (Å²) < 4.78 is 27.1. The molecule has 2 rings (SSSR count). The third-order valence-corrected chi connectivity index (χ3v) is 6.03. The van der Waals surface area contributed by atoms with Gasteiger partial charge in [0.2, 0.25) is 10.0 Å². The van der Waals surface area contributed by atoms with Gasteiger partial charge in [0.25, 0.3) is 0 Å². The van der Waals surface area contributed by atoms with E-state index in [-0.39, 0.29) is 5.25 Å². The molecule has 0 radical (unpaired) electrons.